The summed E-state index contributed by atoms with van der Waals surface area (Å²) in [4.78, 5) is 35.8. The van der Waals surface area contributed by atoms with E-state index >= 15 is 0 Å². The summed E-state index contributed by atoms with van der Waals surface area (Å²) in [5, 5.41) is 13.5. The zero-order valence-corrected chi connectivity index (χ0v) is 17.6. The predicted octanol–water partition coefficient (Wildman–Crippen LogP) is 4.67. The van der Waals surface area contributed by atoms with Gasteiger partial charge in [-0.15, -0.1) is 0 Å². The van der Waals surface area contributed by atoms with Crippen LogP contribution in [0.25, 0.3) is 0 Å². The van der Waals surface area contributed by atoms with Gasteiger partial charge in [0.1, 0.15) is 6.54 Å². The van der Waals surface area contributed by atoms with E-state index in [9.17, 15) is 14.4 Å². The van der Waals surface area contributed by atoms with Crippen molar-refractivity contribution in [1.29, 1.82) is 0 Å². The molecule has 0 saturated heterocycles. The van der Waals surface area contributed by atoms with Crippen LogP contribution in [0.4, 0.5) is 17.1 Å². The standard InChI is InChI=1S/C23H19ClN4O4/c24-20-9-5-4-8-19(20)23(31)25-14-22(30)32-15-21(29)26-16-10-12-18(13-11-16)28-27-17-6-2-1-3-7-17/h1-13H,14-15H2,(H,25,31)(H,26,29). The van der Waals surface area contributed by atoms with E-state index in [0.717, 1.165) is 5.69 Å². The van der Waals surface area contributed by atoms with Crippen LogP contribution in [0.1, 0.15) is 10.4 Å². The Bertz CT molecular complexity index is 1120. The fourth-order valence-electron chi connectivity index (χ4n) is 2.51. The van der Waals surface area contributed by atoms with Gasteiger partial charge in [0.15, 0.2) is 6.61 Å². The zero-order valence-electron chi connectivity index (χ0n) is 16.8. The van der Waals surface area contributed by atoms with Crippen LogP contribution in [-0.4, -0.2) is 30.9 Å². The maximum absolute atomic E-state index is 12.0. The van der Waals surface area contributed by atoms with E-state index in [0.29, 0.717) is 11.4 Å². The molecule has 32 heavy (non-hydrogen) atoms. The minimum Gasteiger partial charge on any atom is -0.454 e. The Morgan fingerprint density at radius 3 is 2.12 bits per heavy atom. The second-order valence-electron chi connectivity index (χ2n) is 6.45. The van der Waals surface area contributed by atoms with Crippen molar-refractivity contribution in [1.82, 2.24) is 5.32 Å². The van der Waals surface area contributed by atoms with E-state index in [2.05, 4.69) is 20.9 Å². The summed E-state index contributed by atoms with van der Waals surface area (Å²) in [6, 6.07) is 22.4. The Balaban J connectivity index is 1.40. The summed E-state index contributed by atoms with van der Waals surface area (Å²) < 4.78 is 4.87. The van der Waals surface area contributed by atoms with Crippen LogP contribution in [0.2, 0.25) is 5.02 Å². The van der Waals surface area contributed by atoms with Gasteiger partial charge in [0.2, 0.25) is 0 Å². The van der Waals surface area contributed by atoms with Gasteiger partial charge in [0, 0.05) is 5.69 Å². The molecule has 0 spiro atoms. The molecule has 0 unspecified atom stereocenters. The number of nitrogens with one attached hydrogen (secondary N) is 2. The number of benzene rings is 3. The third-order valence-electron chi connectivity index (χ3n) is 4.06. The average Bonchev–Trinajstić information content (AvgIpc) is 2.82. The van der Waals surface area contributed by atoms with Gasteiger partial charge in [-0.3, -0.25) is 14.4 Å². The molecule has 0 heterocycles. The summed E-state index contributed by atoms with van der Waals surface area (Å²) in [6.45, 7) is -0.880. The average molecular weight is 451 g/mol. The first-order valence-corrected chi connectivity index (χ1v) is 9.94. The van der Waals surface area contributed by atoms with E-state index in [4.69, 9.17) is 16.3 Å². The van der Waals surface area contributed by atoms with E-state index in [-0.39, 0.29) is 10.6 Å². The molecule has 0 aliphatic carbocycles. The lowest BCUT2D eigenvalue weighted by atomic mass is 10.2. The van der Waals surface area contributed by atoms with Gasteiger partial charge in [0.25, 0.3) is 11.8 Å². The monoisotopic (exact) mass is 450 g/mol. The van der Waals surface area contributed by atoms with E-state index in [1.807, 2.05) is 30.3 Å². The SMILES string of the molecule is O=C(COC(=O)CNC(=O)c1ccccc1Cl)Nc1ccc(N=Nc2ccccc2)cc1. The van der Waals surface area contributed by atoms with Gasteiger partial charge in [-0.1, -0.05) is 41.9 Å². The van der Waals surface area contributed by atoms with E-state index in [1.54, 1.807) is 42.5 Å². The fraction of sp³-hybridized carbons (Fsp3) is 0.0870. The van der Waals surface area contributed by atoms with Crippen molar-refractivity contribution >= 4 is 46.4 Å². The second-order valence-corrected chi connectivity index (χ2v) is 6.86. The smallest absolute Gasteiger partial charge is 0.325 e. The summed E-state index contributed by atoms with van der Waals surface area (Å²) in [7, 11) is 0. The van der Waals surface area contributed by atoms with Crippen molar-refractivity contribution in [3.63, 3.8) is 0 Å². The molecule has 162 valence electrons. The van der Waals surface area contributed by atoms with Crippen LogP contribution < -0.4 is 10.6 Å². The van der Waals surface area contributed by atoms with Gasteiger partial charge in [0.05, 0.1) is 22.0 Å². The number of carbonyl (C=O) groups excluding carboxylic acids is 3. The number of azo groups is 1. The Kier molecular flexibility index (Phi) is 8.05. The van der Waals surface area contributed by atoms with Gasteiger partial charge in [-0.25, -0.2) is 0 Å². The third-order valence-corrected chi connectivity index (χ3v) is 4.39. The number of rotatable bonds is 8. The molecule has 3 aromatic carbocycles. The molecule has 0 saturated carbocycles. The molecule has 9 heteroatoms. The molecular weight excluding hydrogens is 432 g/mol. The minimum absolute atomic E-state index is 0.242. The summed E-state index contributed by atoms with van der Waals surface area (Å²) in [5.41, 5.74) is 2.10. The highest BCUT2D eigenvalue weighted by atomic mass is 35.5. The zero-order chi connectivity index (χ0) is 22.8. The van der Waals surface area contributed by atoms with Crippen LogP contribution in [0.15, 0.2) is 89.1 Å². The van der Waals surface area contributed by atoms with Crippen LogP contribution in [0.3, 0.4) is 0 Å². The van der Waals surface area contributed by atoms with Crippen molar-refractivity contribution in [2.75, 3.05) is 18.5 Å². The number of hydrogen-bond acceptors (Lipinski definition) is 6. The molecule has 0 aromatic heterocycles. The van der Waals surface area contributed by atoms with Gasteiger partial charge < -0.3 is 15.4 Å². The molecule has 0 bridgehead atoms. The van der Waals surface area contributed by atoms with Gasteiger partial charge in [-0.05, 0) is 48.5 Å². The minimum atomic E-state index is -0.753. The van der Waals surface area contributed by atoms with Crippen LogP contribution in [0.5, 0.6) is 0 Å². The van der Waals surface area contributed by atoms with E-state index in [1.165, 1.54) is 6.07 Å². The third kappa shape index (κ3) is 7.03. The number of carbonyl (C=O) groups is 3. The lowest BCUT2D eigenvalue weighted by molar-refractivity contribution is -0.146. The first kappa shape index (κ1) is 22.6. The van der Waals surface area contributed by atoms with Crippen molar-refractivity contribution < 1.29 is 19.1 Å². The number of ether oxygens (including phenoxy) is 1. The molecule has 2 N–H and O–H groups in total. The normalized spacial score (nSPS) is 10.5. The van der Waals surface area contributed by atoms with Gasteiger partial charge in [-0.2, -0.15) is 10.2 Å². The van der Waals surface area contributed by atoms with Gasteiger partial charge >= 0.3 is 5.97 Å². The summed E-state index contributed by atoms with van der Waals surface area (Å²) in [6.07, 6.45) is 0. The molecule has 0 fully saturated rings. The molecule has 0 aliphatic rings. The Labute approximate surface area is 189 Å². The number of esters is 1. The Hall–Kier alpha value is -4.04. The van der Waals surface area contributed by atoms with Crippen molar-refractivity contribution in [2.24, 2.45) is 10.2 Å². The lowest BCUT2D eigenvalue weighted by Crippen LogP contribution is -2.32. The molecule has 0 radical (unpaired) electrons. The van der Waals surface area contributed by atoms with Crippen LogP contribution in [0, 0.1) is 0 Å². The van der Waals surface area contributed by atoms with Crippen molar-refractivity contribution in [3.8, 4) is 0 Å². The van der Waals surface area contributed by atoms with Crippen LogP contribution in [-0.2, 0) is 14.3 Å². The molecule has 8 nitrogen and oxygen atoms in total. The maximum Gasteiger partial charge on any atom is 0.325 e. The lowest BCUT2D eigenvalue weighted by Gasteiger charge is -2.08. The molecule has 2 amide bonds. The molecule has 0 atom stereocenters. The highest BCUT2D eigenvalue weighted by Crippen LogP contribution is 2.20. The first-order chi connectivity index (χ1) is 15.5. The number of nitrogens with zero attached hydrogens (tertiary/aromatic N) is 2. The topological polar surface area (TPSA) is 109 Å². The molecule has 3 aromatic rings. The molecule has 0 aliphatic heterocycles. The summed E-state index contributed by atoms with van der Waals surface area (Å²) >= 11 is 5.93. The fourth-order valence-corrected chi connectivity index (χ4v) is 2.73. The number of hydrogen-bond donors (Lipinski definition) is 2. The Morgan fingerprint density at radius 1 is 0.812 bits per heavy atom. The predicted molar refractivity (Wildman–Crippen MR) is 120 cm³/mol. The largest absolute Gasteiger partial charge is 0.454 e. The summed E-state index contributed by atoms with van der Waals surface area (Å²) in [5.74, 6) is -1.78. The number of halogens is 1. The number of amides is 2. The Morgan fingerprint density at radius 2 is 1.44 bits per heavy atom. The molecule has 3 rings (SSSR count). The quantitative estimate of drug-likeness (QED) is 0.384. The van der Waals surface area contributed by atoms with Crippen molar-refractivity contribution in [2.45, 2.75) is 0 Å². The van der Waals surface area contributed by atoms with Crippen molar-refractivity contribution in [3.05, 3.63) is 89.4 Å². The van der Waals surface area contributed by atoms with E-state index < -0.39 is 30.9 Å². The molecular formula is C23H19ClN4O4. The first-order valence-electron chi connectivity index (χ1n) is 9.56. The highest BCUT2D eigenvalue weighted by Gasteiger charge is 2.13. The number of anilines is 1. The highest BCUT2D eigenvalue weighted by molar-refractivity contribution is 6.33. The second kappa shape index (κ2) is 11.4. The maximum atomic E-state index is 12.0. The van der Waals surface area contributed by atoms with Crippen LogP contribution >= 0.6 is 11.6 Å².